The molecule has 2 unspecified atom stereocenters. The Kier molecular flexibility index (Phi) is 4.23. The van der Waals surface area contributed by atoms with E-state index < -0.39 is 0 Å². The van der Waals surface area contributed by atoms with Crippen molar-refractivity contribution < 1.29 is 4.79 Å². The van der Waals surface area contributed by atoms with Crippen molar-refractivity contribution in [3.63, 3.8) is 0 Å². The first-order valence-corrected chi connectivity index (χ1v) is 9.78. The van der Waals surface area contributed by atoms with Crippen LogP contribution in [0, 0.1) is 0 Å². The van der Waals surface area contributed by atoms with E-state index in [9.17, 15) is 4.79 Å². The lowest BCUT2D eigenvalue weighted by Crippen LogP contribution is -2.38. The Labute approximate surface area is 137 Å². The number of hydrogen-bond donors (Lipinski definition) is 1. The van der Waals surface area contributed by atoms with Crippen molar-refractivity contribution >= 4 is 17.2 Å². The summed E-state index contributed by atoms with van der Waals surface area (Å²) in [7, 11) is 0. The number of fused-ring (bicyclic) bond motifs is 3. The first kappa shape index (κ1) is 14.7. The molecule has 4 heteroatoms. The van der Waals surface area contributed by atoms with Gasteiger partial charge in [-0.25, -0.2) is 0 Å². The van der Waals surface area contributed by atoms with Crippen molar-refractivity contribution in [1.82, 2.24) is 10.2 Å². The molecule has 22 heavy (non-hydrogen) atoms. The quantitative estimate of drug-likeness (QED) is 0.861. The Hall–Kier alpha value is -0.870. The van der Waals surface area contributed by atoms with Crippen LogP contribution in [-0.2, 0) is 12.8 Å². The van der Waals surface area contributed by atoms with Gasteiger partial charge >= 0.3 is 0 Å². The second-order valence-corrected chi connectivity index (χ2v) is 8.29. The zero-order valence-corrected chi connectivity index (χ0v) is 14.1. The largest absolute Gasteiger partial charge is 0.336 e. The average molecular weight is 318 g/mol. The maximum Gasteiger partial charge on any atom is 0.263 e. The van der Waals surface area contributed by atoms with E-state index in [4.69, 9.17) is 0 Å². The molecule has 2 saturated heterocycles. The molecule has 4 rings (SSSR count). The highest BCUT2D eigenvalue weighted by Gasteiger charge is 2.32. The van der Waals surface area contributed by atoms with Crippen LogP contribution in [0.5, 0.6) is 0 Å². The third-order valence-corrected chi connectivity index (χ3v) is 6.74. The van der Waals surface area contributed by atoms with E-state index in [1.165, 1.54) is 61.8 Å². The predicted molar refractivity (Wildman–Crippen MR) is 90.7 cm³/mol. The molecule has 0 radical (unpaired) electrons. The number of nitrogens with zero attached hydrogens (tertiary/aromatic N) is 1. The zero-order valence-electron chi connectivity index (χ0n) is 13.3. The topological polar surface area (TPSA) is 32.3 Å². The summed E-state index contributed by atoms with van der Waals surface area (Å²) in [5.74, 6) is 0.283. The van der Waals surface area contributed by atoms with E-state index in [0.717, 1.165) is 24.4 Å². The first-order valence-electron chi connectivity index (χ1n) is 8.96. The van der Waals surface area contributed by atoms with Crippen LogP contribution >= 0.6 is 11.3 Å². The molecule has 1 aliphatic carbocycles. The molecule has 2 aliphatic heterocycles. The van der Waals surface area contributed by atoms with E-state index in [1.807, 2.05) is 0 Å². The summed E-state index contributed by atoms with van der Waals surface area (Å²) in [6.45, 7) is 1.83. The molecule has 120 valence electrons. The fourth-order valence-corrected chi connectivity index (χ4v) is 5.45. The minimum atomic E-state index is 0.283. The van der Waals surface area contributed by atoms with Crippen LogP contribution in [-0.4, -0.2) is 36.0 Å². The fourth-order valence-electron chi connectivity index (χ4n) is 4.23. The van der Waals surface area contributed by atoms with Crippen LogP contribution in [0.1, 0.15) is 65.1 Å². The van der Waals surface area contributed by atoms with Gasteiger partial charge in [-0.2, -0.15) is 0 Å². The second kappa shape index (κ2) is 6.32. The summed E-state index contributed by atoms with van der Waals surface area (Å²) in [6, 6.07) is 3.38. The third kappa shape index (κ3) is 2.95. The van der Waals surface area contributed by atoms with Gasteiger partial charge in [0.15, 0.2) is 0 Å². The van der Waals surface area contributed by atoms with E-state index in [-0.39, 0.29) is 5.91 Å². The number of aryl methyl sites for hydroxylation is 2. The molecule has 0 spiro atoms. The molecule has 0 saturated carbocycles. The van der Waals surface area contributed by atoms with E-state index in [1.54, 1.807) is 11.3 Å². The number of hydrogen-bond acceptors (Lipinski definition) is 3. The molecule has 2 atom stereocenters. The van der Waals surface area contributed by atoms with Gasteiger partial charge in [-0.1, -0.05) is 12.8 Å². The number of carbonyl (C=O) groups excluding carboxylic acids is 1. The van der Waals surface area contributed by atoms with E-state index in [2.05, 4.69) is 16.3 Å². The molecule has 1 amide bonds. The summed E-state index contributed by atoms with van der Waals surface area (Å²) in [4.78, 5) is 17.5. The lowest BCUT2D eigenvalue weighted by atomic mass is 9.99. The molecule has 2 bridgehead atoms. The lowest BCUT2D eigenvalue weighted by Gasteiger charge is -2.23. The van der Waals surface area contributed by atoms with Gasteiger partial charge in [0, 0.05) is 30.1 Å². The Balaban J connectivity index is 1.51. The maximum absolute atomic E-state index is 12.9. The minimum Gasteiger partial charge on any atom is -0.336 e. The number of nitrogens with one attached hydrogen (secondary N) is 1. The standard InChI is InChI=1S/C18H26N2OS/c21-18(20-10-9-14-7-8-15(12-20)19-14)17-11-13-5-3-1-2-4-6-16(13)22-17/h11,14-15,19H,1-10,12H2. The summed E-state index contributed by atoms with van der Waals surface area (Å²) in [5.41, 5.74) is 1.46. The highest BCUT2D eigenvalue weighted by Crippen LogP contribution is 2.30. The van der Waals surface area contributed by atoms with E-state index in [0.29, 0.717) is 12.1 Å². The van der Waals surface area contributed by atoms with Gasteiger partial charge in [0.25, 0.3) is 5.91 Å². The number of likely N-dealkylation sites (tertiary alicyclic amines) is 1. The molecular formula is C18H26N2OS. The molecule has 3 nitrogen and oxygen atoms in total. The maximum atomic E-state index is 12.9. The fraction of sp³-hybridized carbons (Fsp3) is 0.722. The van der Waals surface area contributed by atoms with Crippen LogP contribution < -0.4 is 5.32 Å². The van der Waals surface area contributed by atoms with Crippen molar-refractivity contribution in [2.45, 2.75) is 69.9 Å². The van der Waals surface area contributed by atoms with Crippen LogP contribution in [0.25, 0.3) is 0 Å². The summed E-state index contributed by atoms with van der Waals surface area (Å²) < 4.78 is 0. The summed E-state index contributed by atoms with van der Waals surface area (Å²) in [5, 5.41) is 3.66. The van der Waals surface area contributed by atoms with Crippen molar-refractivity contribution in [3.8, 4) is 0 Å². The molecule has 1 aromatic rings. The highest BCUT2D eigenvalue weighted by molar-refractivity contribution is 7.14. The van der Waals surface area contributed by atoms with Gasteiger partial charge in [-0.15, -0.1) is 11.3 Å². The normalized spacial score (nSPS) is 28.6. The highest BCUT2D eigenvalue weighted by atomic mass is 32.1. The Morgan fingerprint density at radius 1 is 1.09 bits per heavy atom. The molecule has 1 aromatic heterocycles. The first-order chi connectivity index (χ1) is 10.8. The molecule has 1 N–H and O–H groups in total. The molecule has 0 aromatic carbocycles. The zero-order chi connectivity index (χ0) is 14.9. The summed E-state index contributed by atoms with van der Waals surface area (Å²) in [6.07, 6.45) is 11.3. The van der Waals surface area contributed by atoms with Crippen molar-refractivity contribution in [2.75, 3.05) is 13.1 Å². The average Bonchev–Trinajstić information content (AvgIpc) is 3.02. The Morgan fingerprint density at radius 2 is 1.91 bits per heavy atom. The van der Waals surface area contributed by atoms with Crippen LogP contribution in [0.4, 0.5) is 0 Å². The number of amides is 1. The van der Waals surface area contributed by atoms with Crippen LogP contribution in [0.3, 0.4) is 0 Å². The molecule has 3 aliphatic rings. The number of thiophene rings is 1. The van der Waals surface area contributed by atoms with Crippen LogP contribution in [0.15, 0.2) is 6.07 Å². The second-order valence-electron chi connectivity index (χ2n) is 7.15. The van der Waals surface area contributed by atoms with Gasteiger partial charge in [-0.3, -0.25) is 4.79 Å². The van der Waals surface area contributed by atoms with Crippen molar-refractivity contribution in [3.05, 3.63) is 21.4 Å². The Morgan fingerprint density at radius 3 is 2.82 bits per heavy atom. The minimum absolute atomic E-state index is 0.283. The van der Waals surface area contributed by atoms with Crippen molar-refractivity contribution in [2.24, 2.45) is 0 Å². The summed E-state index contributed by atoms with van der Waals surface area (Å²) >= 11 is 1.77. The predicted octanol–water partition coefficient (Wildman–Crippen LogP) is 3.37. The third-order valence-electron chi connectivity index (χ3n) is 5.52. The lowest BCUT2D eigenvalue weighted by molar-refractivity contribution is 0.0753. The van der Waals surface area contributed by atoms with Gasteiger partial charge in [-0.05, 0) is 56.6 Å². The number of carbonyl (C=O) groups is 1. The van der Waals surface area contributed by atoms with E-state index >= 15 is 0 Å². The van der Waals surface area contributed by atoms with Crippen molar-refractivity contribution in [1.29, 1.82) is 0 Å². The molecule has 2 fully saturated rings. The monoisotopic (exact) mass is 318 g/mol. The smallest absolute Gasteiger partial charge is 0.263 e. The van der Waals surface area contributed by atoms with Crippen LogP contribution in [0.2, 0.25) is 0 Å². The van der Waals surface area contributed by atoms with Gasteiger partial charge in [0.1, 0.15) is 0 Å². The Bertz CT molecular complexity index is 528. The van der Waals surface area contributed by atoms with Gasteiger partial charge in [0.2, 0.25) is 0 Å². The van der Waals surface area contributed by atoms with Gasteiger partial charge < -0.3 is 10.2 Å². The molecular weight excluding hydrogens is 292 g/mol. The molecule has 3 heterocycles. The number of rotatable bonds is 1. The van der Waals surface area contributed by atoms with Gasteiger partial charge in [0.05, 0.1) is 4.88 Å². The SMILES string of the molecule is O=C(c1cc2c(s1)CCCCCC2)N1CCC2CCC(C1)N2.